The molecule has 2 amide bonds. The zero-order valence-corrected chi connectivity index (χ0v) is 18.2. The third-order valence-electron chi connectivity index (χ3n) is 6.68. The van der Waals surface area contributed by atoms with E-state index in [2.05, 4.69) is 5.10 Å². The van der Waals surface area contributed by atoms with E-state index in [1.807, 2.05) is 61.9 Å². The van der Waals surface area contributed by atoms with Gasteiger partial charge in [-0.1, -0.05) is 30.3 Å². The lowest BCUT2D eigenvalue weighted by atomic mass is 9.93. The molecule has 0 aliphatic carbocycles. The van der Waals surface area contributed by atoms with E-state index in [0.29, 0.717) is 24.0 Å². The number of nitrogens with zero attached hydrogens (tertiary/aromatic N) is 3. The van der Waals surface area contributed by atoms with Crippen LogP contribution in [0.5, 0.6) is 0 Å². The van der Waals surface area contributed by atoms with Crippen LogP contribution < -0.4 is 5.73 Å². The molecule has 3 N–H and O–H groups in total. The van der Waals surface area contributed by atoms with Crippen molar-refractivity contribution < 1.29 is 19.2 Å². The number of benzene rings is 2. The highest BCUT2D eigenvalue weighted by Gasteiger charge is 2.51. The van der Waals surface area contributed by atoms with Gasteiger partial charge in [0.25, 0.3) is 0 Å². The van der Waals surface area contributed by atoms with Crippen molar-refractivity contribution in [3.8, 4) is 11.1 Å². The van der Waals surface area contributed by atoms with Gasteiger partial charge in [0.1, 0.15) is 18.1 Å². The van der Waals surface area contributed by atoms with Gasteiger partial charge in [0.05, 0.1) is 23.8 Å². The number of nitrogens with two attached hydrogens (primary N) is 1. The molecule has 2 atom stereocenters. The van der Waals surface area contributed by atoms with Crippen molar-refractivity contribution in [2.45, 2.75) is 45.2 Å². The molecule has 31 heavy (non-hydrogen) atoms. The zero-order chi connectivity index (χ0) is 22.4. The van der Waals surface area contributed by atoms with E-state index in [1.165, 1.54) is 0 Å². The molecule has 1 fully saturated rings. The Morgan fingerprint density at radius 1 is 1.16 bits per heavy atom. The maximum Gasteiger partial charge on any atom is 0.514 e. The van der Waals surface area contributed by atoms with Gasteiger partial charge in [-0.15, -0.1) is 0 Å². The highest BCUT2D eigenvalue weighted by molar-refractivity contribution is 6.07. The molecule has 2 aromatic carbocycles. The first-order valence-corrected chi connectivity index (χ1v) is 10.6. The molecule has 162 valence electrons. The summed E-state index contributed by atoms with van der Waals surface area (Å²) in [6.07, 6.45) is 2.49. The number of aromatic nitrogens is 2. The molecule has 3 aromatic rings. The minimum Gasteiger partial charge on any atom is -0.435 e. The van der Waals surface area contributed by atoms with Crippen LogP contribution in [-0.2, 0) is 0 Å². The summed E-state index contributed by atoms with van der Waals surface area (Å²) in [6, 6.07) is 13.5. The van der Waals surface area contributed by atoms with Gasteiger partial charge >= 0.3 is 6.09 Å². The topological polar surface area (TPSA) is 98.2 Å². The molecule has 0 bridgehead atoms. The molecule has 1 aliphatic rings. The van der Waals surface area contributed by atoms with Crippen molar-refractivity contribution in [3.05, 3.63) is 54.2 Å². The Hall–Kier alpha value is -3.19. The number of piperidine rings is 1. The first-order chi connectivity index (χ1) is 14.6. The average Bonchev–Trinajstić information content (AvgIpc) is 3.16. The van der Waals surface area contributed by atoms with E-state index < -0.39 is 17.5 Å². The van der Waals surface area contributed by atoms with E-state index in [4.69, 9.17) is 5.73 Å². The number of amides is 2. The van der Waals surface area contributed by atoms with Gasteiger partial charge in [0.15, 0.2) is 0 Å². The highest BCUT2D eigenvalue weighted by atomic mass is 16.4. The molecule has 1 saturated heterocycles. The largest absolute Gasteiger partial charge is 0.514 e. The maximum atomic E-state index is 12.4. The number of quaternary nitrogens is 1. The first kappa shape index (κ1) is 21.1. The molecule has 2 heterocycles. The van der Waals surface area contributed by atoms with Crippen LogP contribution in [0.15, 0.2) is 48.7 Å². The second-order valence-electron chi connectivity index (χ2n) is 9.40. The second-order valence-corrected chi connectivity index (χ2v) is 9.40. The number of carbonyl (C=O) groups excluding carboxylic acids is 1. The van der Waals surface area contributed by atoms with E-state index in [9.17, 15) is 14.7 Å². The minimum absolute atomic E-state index is 0.0138. The van der Waals surface area contributed by atoms with E-state index in [-0.39, 0.29) is 10.5 Å². The van der Waals surface area contributed by atoms with Gasteiger partial charge in [-0.3, -0.25) is 9.48 Å². The van der Waals surface area contributed by atoms with Gasteiger partial charge in [-0.2, -0.15) is 9.89 Å². The highest BCUT2D eigenvalue weighted by Crippen LogP contribution is 2.37. The number of fused-ring (bicyclic) bond motifs is 1. The van der Waals surface area contributed by atoms with Crippen LogP contribution >= 0.6 is 0 Å². The first-order valence-electron chi connectivity index (χ1n) is 10.6. The predicted molar refractivity (Wildman–Crippen MR) is 120 cm³/mol. The van der Waals surface area contributed by atoms with Crippen molar-refractivity contribution in [1.82, 2.24) is 9.78 Å². The number of carboxylic acid groups (broad SMARTS) is 1. The van der Waals surface area contributed by atoms with Crippen LogP contribution in [-0.4, -0.2) is 50.0 Å². The fraction of sp³-hybridized carbons (Fsp3) is 0.375. The van der Waals surface area contributed by atoms with Crippen molar-refractivity contribution in [1.29, 1.82) is 0 Å². The molecule has 2 unspecified atom stereocenters. The molecule has 1 aromatic heterocycles. The number of rotatable bonds is 3. The van der Waals surface area contributed by atoms with E-state index in [1.54, 1.807) is 12.3 Å². The Morgan fingerprint density at radius 3 is 2.48 bits per heavy atom. The predicted octanol–water partition coefficient (Wildman–Crippen LogP) is 4.43. The lowest BCUT2D eigenvalue weighted by Crippen LogP contribution is -2.66. The summed E-state index contributed by atoms with van der Waals surface area (Å²) in [7, 11) is 0. The summed E-state index contributed by atoms with van der Waals surface area (Å²) < 4.78 is 1.88. The molecular weight excluding hydrogens is 392 g/mol. The molecule has 0 radical (unpaired) electrons. The maximum absolute atomic E-state index is 12.4. The summed E-state index contributed by atoms with van der Waals surface area (Å²) >= 11 is 0. The summed E-state index contributed by atoms with van der Waals surface area (Å²) in [6.45, 7) is 6.96. The van der Waals surface area contributed by atoms with Gasteiger partial charge < -0.3 is 10.8 Å². The van der Waals surface area contributed by atoms with Crippen molar-refractivity contribution in [2.75, 3.05) is 13.1 Å². The van der Waals surface area contributed by atoms with Crippen molar-refractivity contribution in [3.63, 3.8) is 0 Å². The third-order valence-corrected chi connectivity index (χ3v) is 6.68. The normalized spacial score (nSPS) is 21.8. The van der Waals surface area contributed by atoms with Crippen molar-refractivity contribution >= 4 is 22.9 Å². The number of primary amides is 1. The summed E-state index contributed by atoms with van der Waals surface area (Å²) in [5, 5.41) is 15.4. The molecule has 7 heteroatoms. The van der Waals surface area contributed by atoms with Crippen molar-refractivity contribution in [2.24, 2.45) is 5.73 Å². The monoisotopic (exact) mass is 421 g/mol. The van der Waals surface area contributed by atoms with Gasteiger partial charge in [-0.05, 0) is 56.9 Å². The van der Waals surface area contributed by atoms with Crippen LogP contribution in [0.4, 0.5) is 4.79 Å². The number of hydrogen-bond donors (Lipinski definition) is 2. The number of hydrogen-bond acceptors (Lipinski definition) is 3. The standard InChI is InChI=1S/C24H28N4O3/c1-24(2,3)28(23(30)31)11-7-10-18(15-28)27-21-13-17(16-8-5-4-6-9-16)12-19(22(25)29)20(21)14-26-27/h4-6,8-9,12-14,18H,7,10-11,15H2,1-3H3,(H2-,25,29,30,31)/p+1. The fourth-order valence-corrected chi connectivity index (χ4v) is 4.85. The zero-order valence-electron chi connectivity index (χ0n) is 18.2. The molecule has 4 rings (SSSR count). The summed E-state index contributed by atoms with van der Waals surface area (Å²) in [5.41, 5.74) is 8.35. The molecule has 1 aliphatic heterocycles. The van der Waals surface area contributed by atoms with Crippen LogP contribution in [0.2, 0.25) is 0 Å². The molecule has 0 saturated carbocycles. The Kier molecular flexibility index (Phi) is 5.09. The second kappa shape index (κ2) is 7.50. The van der Waals surface area contributed by atoms with E-state index in [0.717, 1.165) is 29.5 Å². The fourth-order valence-electron chi connectivity index (χ4n) is 4.85. The third kappa shape index (κ3) is 3.49. The summed E-state index contributed by atoms with van der Waals surface area (Å²) in [4.78, 5) is 24.6. The Balaban J connectivity index is 1.86. The average molecular weight is 422 g/mol. The summed E-state index contributed by atoms with van der Waals surface area (Å²) in [5.74, 6) is -0.503. The van der Waals surface area contributed by atoms with Gasteiger partial charge in [-0.25, -0.2) is 4.48 Å². The minimum atomic E-state index is -0.809. The molecule has 7 nitrogen and oxygen atoms in total. The SMILES string of the molecule is CC(C)(C)[N+]1(C(=O)O)CCCC(n2ncc3c(C(N)=O)cc(-c4ccccc4)cc32)C1. The lowest BCUT2D eigenvalue weighted by Gasteiger charge is -2.47. The number of likely N-dealkylation sites (tertiary alicyclic amines) is 1. The van der Waals surface area contributed by atoms with Gasteiger partial charge in [0.2, 0.25) is 5.91 Å². The molecule has 0 spiro atoms. The van der Waals surface area contributed by atoms with Gasteiger partial charge in [0, 0.05) is 5.39 Å². The number of carbonyl (C=O) groups is 2. The lowest BCUT2D eigenvalue weighted by molar-refractivity contribution is -0.910. The molecular formula is C24H29N4O3+. The van der Waals surface area contributed by atoms with Crippen LogP contribution in [0.3, 0.4) is 0 Å². The Labute approximate surface area is 181 Å². The smallest absolute Gasteiger partial charge is 0.435 e. The van der Waals surface area contributed by atoms with Crippen LogP contribution in [0.1, 0.15) is 50.0 Å². The van der Waals surface area contributed by atoms with E-state index >= 15 is 0 Å². The van der Waals surface area contributed by atoms with Crippen LogP contribution in [0, 0.1) is 0 Å². The van der Waals surface area contributed by atoms with Crippen LogP contribution in [0.25, 0.3) is 22.0 Å². The Bertz CT molecular complexity index is 1150. The quantitative estimate of drug-likeness (QED) is 0.611. The Morgan fingerprint density at radius 2 is 1.87 bits per heavy atom.